The van der Waals surface area contributed by atoms with Crippen molar-refractivity contribution in [2.24, 2.45) is 0 Å². The maximum atomic E-state index is 10.7. The van der Waals surface area contributed by atoms with Crippen LogP contribution in [0.4, 0.5) is 0 Å². The van der Waals surface area contributed by atoms with E-state index in [1.807, 2.05) is 0 Å². The summed E-state index contributed by atoms with van der Waals surface area (Å²) >= 11 is 0. The van der Waals surface area contributed by atoms with Crippen LogP contribution in [-0.2, 0) is 16.5 Å². The van der Waals surface area contributed by atoms with E-state index in [1.165, 1.54) is 20.3 Å². The van der Waals surface area contributed by atoms with Crippen molar-refractivity contribution in [3.8, 4) is 11.5 Å². The molecular weight excluding hydrogens is 248 g/mol. The van der Waals surface area contributed by atoms with Gasteiger partial charge in [0, 0.05) is 6.42 Å². The van der Waals surface area contributed by atoms with Crippen LogP contribution in [-0.4, -0.2) is 37.7 Å². The Kier molecular flexibility index (Phi) is 4.33. The van der Waals surface area contributed by atoms with Crippen molar-refractivity contribution in [1.29, 1.82) is 0 Å². The number of hydrogen-bond acceptors (Lipinski definition) is 5. The van der Waals surface area contributed by atoms with E-state index < -0.39 is 15.6 Å². The molecule has 2 N–H and O–H groups in total. The molecule has 0 saturated carbocycles. The quantitative estimate of drug-likeness (QED) is 0.748. The zero-order valence-electron chi connectivity index (χ0n) is 9.45. The molecule has 0 spiro atoms. The van der Waals surface area contributed by atoms with Gasteiger partial charge < -0.3 is 14.6 Å². The summed E-state index contributed by atoms with van der Waals surface area (Å²) in [5, 5.41) is 9.22. The highest BCUT2D eigenvalue weighted by atomic mass is 32.2. The third kappa shape index (κ3) is 3.58. The summed E-state index contributed by atoms with van der Waals surface area (Å²) in [7, 11) is -1.53. The van der Waals surface area contributed by atoms with Crippen LogP contribution in [0.2, 0.25) is 0 Å². The molecule has 7 heteroatoms. The van der Waals surface area contributed by atoms with Crippen LogP contribution in [0.1, 0.15) is 5.56 Å². The summed E-state index contributed by atoms with van der Waals surface area (Å²) in [4.78, 5) is 0. The number of aliphatic hydroxyl groups is 1. The maximum Gasteiger partial charge on any atom is 0.292 e. The van der Waals surface area contributed by atoms with Gasteiger partial charge >= 0.3 is 0 Å². The van der Waals surface area contributed by atoms with E-state index in [-0.39, 0.29) is 6.42 Å². The van der Waals surface area contributed by atoms with Gasteiger partial charge in [0.15, 0.2) is 16.9 Å². The highest BCUT2D eigenvalue weighted by molar-refractivity contribution is 7.86. The lowest BCUT2D eigenvalue weighted by molar-refractivity contribution is 0.233. The van der Waals surface area contributed by atoms with Crippen LogP contribution in [0.15, 0.2) is 18.2 Å². The van der Waals surface area contributed by atoms with Crippen molar-refractivity contribution in [2.75, 3.05) is 14.2 Å². The minimum Gasteiger partial charge on any atom is -0.493 e. The highest BCUT2D eigenvalue weighted by Gasteiger charge is 2.20. The second-order valence-electron chi connectivity index (χ2n) is 3.36. The first kappa shape index (κ1) is 13.8. The van der Waals surface area contributed by atoms with Gasteiger partial charge in [0.05, 0.1) is 14.2 Å². The smallest absolute Gasteiger partial charge is 0.292 e. The Hall–Kier alpha value is -1.31. The molecule has 0 heterocycles. The van der Waals surface area contributed by atoms with Crippen molar-refractivity contribution in [3.05, 3.63) is 23.8 Å². The van der Waals surface area contributed by atoms with Gasteiger partial charge in [-0.15, -0.1) is 0 Å². The standard InChI is InChI=1S/C10H14O6S/c1-15-8-4-3-7(5-9(8)16-2)6-10(11)17(12,13)14/h3-5,10-11H,6H2,1-2H3,(H,12,13,14)/t10-/m1/s1. The minimum absolute atomic E-state index is 0.223. The molecule has 1 atom stereocenters. The highest BCUT2D eigenvalue weighted by Crippen LogP contribution is 2.28. The molecule has 0 amide bonds. The number of rotatable bonds is 5. The van der Waals surface area contributed by atoms with Crippen molar-refractivity contribution >= 4 is 10.1 Å². The summed E-state index contributed by atoms with van der Waals surface area (Å²) in [6, 6.07) is 4.70. The van der Waals surface area contributed by atoms with Gasteiger partial charge in [-0.25, -0.2) is 0 Å². The molecule has 0 fully saturated rings. The Morgan fingerprint density at radius 1 is 1.24 bits per heavy atom. The third-order valence-electron chi connectivity index (χ3n) is 2.20. The average Bonchev–Trinajstić information content (AvgIpc) is 2.27. The van der Waals surface area contributed by atoms with Gasteiger partial charge in [0.25, 0.3) is 10.1 Å². The Morgan fingerprint density at radius 3 is 2.29 bits per heavy atom. The van der Waals surface area contributed by atoms with Crippen LogP contribution in [0.5, 0.6) is 11.5 Å². The van der Waals surface area contributed by atoms with Gasteiger partial charge in [-0.1, -0.05) is 6.07 Å². The van der Waals surface area contributed by atoms with Gasteiger partial charge in [0.2, 0.25) is 0 Å². The fraction of sp³-hybridized carbons (Fsp3) is 0.400. The largest absolute Gasteiger partial charge is 0.493 e. The monoisotopic (exact) mass is 262 g/mol. The summed E-state index contributed by atoms with van der Waals surface area (Å²) in [6.45, 7) is 0. The first-order valence-electron chi connectivity index (χ1n) is 4.73. The number of methoxy groups -OCH3 is 2. The number of aliphatic hydroxyl groups excluding tert-OH is 1. The molecule has 0 aliphatic carbocycles. The van der Waals surface area contributed by atoms with E-state index in [4.69, 9.17) is 14.0 Å². The van der Waals surface area contributed by atoms with E-state index in [0.29, 0.717) is 17.1 Å². The van der Waals surface area contributed by atoms with Gasteiger partial charge in [-0.05, 0) is 17.7 Å². The summed E-state index contributed by atoms with van der Waals surface area (Å²) in [6.07, 6.45) is -0.223. The number of ether oxygens (including phenoxy) is 2. The van der Waals surface area contributed by atoms with Crippen LogP contribution in [0, 0.1) is 0 Å². The van der Waals surface area contributed by atoms with Gasteiger partial charge in [-0.3, -0.25) is 4.55 Å². The molecule has 0 aliphatic rings. The van der Waals surface area contributed by atoms with E-state index in [1.54, 1.807) is 12.1 Å². The normalized spacial score (nSPS) is 13.2. The third-order valence-corrected chi connectivity index (χ3v) is 3.06. The Balaban J connectivity index is 2.94. The molecule has 1 aromatic rings. The molecular formula is C10H14O6S. The second-order valence-corrected chi connectivity index (χ2v) is 4.94. The fourth-order valence-corrected chi connectivity index (χ4v) is 1.72. The maximum absolute atomic E-state index is 10.7. The molecule has 1 aromatic carbocycles. The zero-order chi connectivity index (χ0) is 13.1. The number of benzene rings is 1. The Labute approximate surface area is 99.5 Å². The van der Waals surface area contributed by atoms with Crippen molar-refractivity contribution in [1.82, 2.24) is 0 Å². The van der Waals surface area contributed by atoms with Crippen LogP contribution < -0.4 is 9.47 Å². The van der Waals surface area contributed by atoms with E-state index in [0.717, 1.165) is 0 Å². The van der Waals surface area contributed by atoms with Gasteiger partial charge in [0.1, 0.15) is 0 Å². The lowest BCUT2D eigenvalue weighted by Gasteiger charge is -2.11. The SMILES string of the molecule is COc1ccc(C[C@H](O)S(=O)(=O)O)cc1OC. The zero-order valence-corrected chi connectivity index (χ0v) is 10.3. The molecule has 0 saturated heterocycles. The lowest BCUT2D eigenvalue weighted by atomic mass is 10.1. The lowest BCUT2D eigenvalue weighted by Crippen LogP contribution is -2.22. The molecule has 0 radical (unpaired) electrons. The van der Waals surface area contributed by atoms with E-state index in [9.17, 15) is 13.5 Å². The van der Waals surface area contributed by atoms with Crippen LogP contribution in [0.25, 0.3) is 0 Å². The van der Waals surface area contributed by atoms with E-state index in [2.05, 4.69) is 0 Å². The van der Waals surface area contributed by atoms with Crippen molar-refractivity contribution in [2.45, 2.75) is 11.9 Å². The molecule has 96 valence electrons. The fourth-order valence-electron chi connectivity index (χ4n) is 1.31. The number of hydrogen-bond donors (Lipinski definition) is 2. The van der Waals surface area contributed by atoms with Gasteiger partial charge in [-0.2, -0.15) is 8.42 Å². The van der Waals surface area contributed by atoms with E-state index >= 15 is 0 Å². The summed E-state index contributed by atoms with van der Waals surface area (Å²) in [5.41, 5.74) is -1.34. The summed E-state index contributed by atoms with van der Waals surface area (Å²) in [5.74, 6) is 0.921. The topological polar surface area (TPSA) is 93.1 Å². The first-order chi connectivity index (χ1) is 7.88. The molecule has 6 nitrogen and oxygen atoms in total. The Bertz CT molecular complexity index is 482. The predicted molar refractivity (Wildman–Crippen MR) is 60.8 cm³/mol. The average molecular weight is 262 g/mol. The van der Waals surface area contributed by atoms with Crippen LogP contribution >= 0.6 is 0 Å². The second kappa shape index (κ2) is 5.35. The molecule has 0 unspecified atom stereocenters. The minimum atomic E-state index is -4.45. The Morgan fingerprint density at radius 2 is 1.82 bits per heavy atom. The van der Waals surface area contributed by atoms with Crippen LogP contribution in [0.3, 0.4) is 0 Å². The van der Waals surface area contributed by atoms with Crippen molar-refractivity contribution in [3.63, 3.8) is 0 Å². The molecule has 17 heavy (non-hydrogen) atoms. The first-order valence-corrected chi connectivity index (χ1v) is 6.24. The predicted octanol–water partition coefficient (Wildman–Crippen LogP) is 0.452. The van der Waals surface area contributed by atoms with Crippen molar-refractivity contribution < 1.29 is 27.6 Å². The molecule has 0 bridgehead atoms. The molecule has 0 aliphatic heterocycles. The molecule has 0 aromatic heterocycles. The summed E-state index contributed by atoms with van der Waals surface area (Å²) < 4.78 is 40.0. The molecule has 1 rings (SSSR count).